The van der Waals surface area contributed by atoms with E-state index in [0.717, 1.165) is 12.1 Å². The van der Waals surface area contributed by atoms with Gasteiger partial charge in [-0.2, -0.15) is 13.2 Å². The average molecular weight is 362 g/mol. The monoisotopic (exact) mass is 361 g/mol. The average Bonchev–Trinajstić information content (AvgIpc) is 2.43. The summed E-state index contributed by atoms with van der Waals surface area (Å²) in [6.07, 6.45) is -4.41. The van der Waals surface area contributed by atoms with Crippen molar-refractivity contribution in [3.05, 3.63) is 69.4 Å². The molecule has 0 aromatic heterocycles. The van der Waals surface area contributed by atoms with Crippen molar-refractivity contribution in [2.24, 2.45) is 0 Å². The predicted octanol–water partition coefficient (Wildman–Crippen LogP) is 4.92. The lowest BCUT2D eigenvalue weighted by molar-refractivity contribution is -0.137. The second-order valence-corrected chi connectivity index (χ2v) is 5.37. The number of halogens is 5. The molecule has 0 saturated carbocycles. The Balaban J connectivity index is 2.49. The molecule has 0 aliphatic rings. The molecule has 0 saturated heterocycles. The standard InChI is InChI=1S/C15H12BrF4N/c1-21-14(12-8-11(17)5-6-13(12)16)9-3-2-4-10(7-9)15(18,19)20/h2-8,14,21H,1H3. The first-order valence-electron chi connectivity index (χ1n) is 6.12. The molecule has 2 aromatic carbocycles. The van der Waals surface area contributed by atoms with Crippen LogP contribution in [0, 0.1) is 5.82 Å². The summed E-state index contributed by atoms with van der Waals surface area (Å²) >= 11 is 3.30. The summed E-state index contributed by atoms with van der Waals surface area (Å²) in [5.74, 6) is -0.444. The van der Waals surface area contributed by atoms with Crippen LogP contribution in [0.15, 0.2) is 46.9 Å². The Bertz CT molecular complexity index is 640. The lowest BCUT2D eigenvalue weighted by Gasteiger charge is -2.20. The summed E-state index contributed by atoms with van der Waals surface area (Å²) in [7, 11) is 1.61. The van der Waals surface area contributed by atoms with Crippen LogP contribution in [0.25, 0.3) is 0 Å². The number of hydrogen-bond acceptors (Lipinski definition) is 1. The molecule has 0 bridgehead atoms. The molecular weight excluding hydrogens is 350 g/mol. The highest BCUT2D eigenvalue weighted by atomic mass is 79.9. The van der Waals surface area contributed by atoms with Crippen molar-refractivity contribution in [3.8, 4) is 0 Å². The van der Waals surface area contributed by atoms with Crippen molar-refractivity contribution in [1.29, 1.82) is 0 Å². The number of hydrogen-bond donors (Lipinski definition) is 1. The van der Waals surface area contributed by atoms with Crippen molar-refractivity contribution >= 4 is 15.9 Å². The van der Waals surface area contributed by atoms with E-state index in [1.807, 2.05) is 0 Å². The Morgan fingerprint density at radius 3 is 2.43 bits per heavy atom. The van der Waals surface area contributed by atoms with E-state index in [-0.39, 0.29) is 0 Å². The van der Waals surface area contributed by atoms with E-state index in [1.165, 1.54) is 24.3 Å². The van der Waals surface area contributed by atoms with E-state index < -0.39 is 23.6 Å². The maximum Gasteiger partial charge on any atom is 0.416 e. The van der Waals surface area contributed by atoms with E-state index in [1.54, 1.807) is 13.1 Å². The lowest BCUT2D eigenvalue weighted by atomic mass is 9.97. The largest absolute Gasteiger partial charge is 0.416 e. The van der Waals surface area contributed by atoms with Crippen LogP contribution in [0.2, 0.25) is 0 Å². The van der Waals surface area contributed by atoms with Gasteiger partial charge in [0.2, 0.25) is 0 Å². The molecule has 0 heterocycles. The zero-order valence-electron chi connectivity index (χ0n) is 11.0. The number of rotatable bonds is 3. The van der Waals surface area contributed by atoms with Crippen molar-refractivity contribution in [1.82, 2.24) is 5.32 Å². The lowest BCUT2D eigenvalue weighted by Crippen LogP contribution is -2.19. The van der Waals surface area contributed by atoms with Crippen LogP contribution in [-0.2, 0) is 6.18 Å². The summed E-state index contributed by atoms with van der Waals surface area (Å²) in [4.78, 5) is 0. The van der Waals surface area contributed by atoms with Gasteiger partial charge in [-0.3, -0.25) is 0 Å². The minimum Gasteiger partial charge on any atom is -0.309 e. The second kappa shape index (κ2) is 6.15. The van der Waals surface area contributed by atoms with Crippen molar-refractivity contribution in [2.75, 3.05) is 7.05 Å². The minimum atomic E-state index is -4.41. The van der Waals surface area contributed by atoms with Gasteiger partial charge in [0.15, 0.2) is 0 Å². The Labute approximate surface area is 128 Å². The van der Waals surface area contributed by atoms with Gasteiger partial charge in [-0.25, -0.2) is 4.39 Å². The first-order valence-corrected chi connectivity index (χ1v) is 6.91. The third-order valence-corrected chi connectivity index (χ3v) is 3.83. The molecule has 2 rings (SSSR count). The van der Waals surface area contributed by atoms with Gasteiger partial charge in [0.1, 0.15) is 5.82 Å². The summed E-state index contributed by atoms with van der Waals surface area (Å²) in [5, 5.41) is 2.92. The van der Waals surface area contributed by atoms with Gasteiger partial charge in [-0.1, -0.05) is 28.1 Å². The summed E-state index contributed by atoms with van der Waals surface area (Å²) < 4.78 is 52.4. The normalized spacial score (nSPS) is 13.2. The van der Waals surface area contributed by atoms with Crippen molar-refractivity contribution < 1.29 is 17.6 Å². The number of alkyl halides is 3. The van der Waals surface area contributed by atoms with Gasteiger partial charge in [0.05, 0.1) is 11.6 Å². The SMILES string of the molecule is CNC(c1cccc(C(F)(F)F)c1)c1cc(F)ccc1Br. The molecule has 1 nitrogen and oxygen atoms in total. The molecule has 21 heavy (non-hydrogen) atoms. The van der Waals surface area contributed by atoms with Crippen LogP contribution in [0.5, 0.6) is 0 Å². The van der Waals surface area contributed by atoms with Gasteiger partial charge in [-0.05, 0) is 48.5 Å². The van der Waals surface area contributed by atoms with Gasteiger partial charge in [0, 0.05) is 4.47 Å². The Morgan fingerprint density at radius 2 is 1.81 bits per heavy atom. The highest BCUT2D eigenvalue weighted by Gasteiger charge is 2.31. The van der Waals surface area contributed by atoms with Crippen LogP contribution in [-0.4, -0.2) is 7.05 Å². The molecule has 1 atom stereocenters. The first kappa shape index (κ1) is 16.0. The predicted molar refractivity (Wildman–Crippen MR) is 76.4 cm³/mol. The van der Waals surface area contributed by atoms with Crippen LogP contribution >= 0.6 is 15.9 Å². The van der Waals surface area contributed by atoms with Gasteiger partial charge in [-0.15, -0.1) is 0 Å². The molecule has 0 aliphatic heterocycles. The van der Waals surface area contributed by atoms with Gasteiger partial charge in [0.25, 0.3) is 0 Å². The fourth-order valence-corrected chi connectivity index (χ4v) is 2.61. The van der Waals surface area contributed by atoms with Crippen LogP contribution in [0.3, 0.4) is 0 Å². The number of nitrogens with one attached hydrogen (secondary N) is 1. The summed E-state index contributed by atoms with van der Waals surface area (Å²) in [5.41, 5.74) is 0.225. The zero-order chi connectivity index (χ0) is 15.6. The maximum atomic E-state index is 13.4. The molecule has 1 N–H and O–H groups in total. The maximum absolute atomic E-state index is 13.4. The molecule has 2 aromatic rings. The molecule has 0 fully saturated rings. The van der Waals surface area contributed by atoms with E-state index in [4.69, 9.17) is 0 Å². The molecule has 0 radical (unpaired) electrons. The molecule has 6 heteroatoms. The van der Waals surface area contributed by atoms with E-state index in [9.17, 15) is 17.6 Å². The molecular formula is C15H12BrF4N. The molecule has 0 amide bonds. The highest BCUT2D eigenvalue weighted by molar-refractivity contribution is 9.10. The molecule has 0 spiro atoms. The Morgan fingerprint density at radius 1 is 1.10 bits per heavy atom. The van der Waals surface area contributed by atoms with Crippen LogP contribution < -0.4 is 5.32 Å². The van der Waals surface area contributed by atoms with Gasteiger partial charge >= 0.3 is 6.18 Å². The minimum absolute atomic E-state index is 0.415. The first-order chi connectivity index (χ1) is 9.82. The van der Waals surface area contributed by atoms with Crippen LogP contribution in [0.4, 0.5) is 17.6 Å². The van der Waals surface area contributed by atoms with Gasteiger partial charge < -0.3 is 5.32 Å². The quantitative estimate of drug-likeness (QED) is 0.765. The van der Waals surface area contributed by atoms with Crippen molar-refractivity contribution in [2.45, 2.75) is 12.2 Å². The zero-order valence-corrected chi connectivity index (χ0v) is 12.6. The fourth-order valence-electron chi connectivity index (χ4n) is 2.13. The third kappa shape index (κ3) is 3.63. The molecule has 0 aliphatic carbocycles. The number of benzene rings is 2. The third-order valence-electron chi connectivity index (χ3n) is 3.11. The Kier molecular flexibility index (Phi) is 4.68. The van der Waals surface area contributed by atoms with E-state index >= 15 is 0 Å². The van der Waals surface area contributed by atoms with Crippen molar-refractivity contribution in [3.63, 3.8) is 0 Å². The topological polar surface area (TPSA) is 12.0 Å². The smallest absolute Gasteiger partial charge is 0.309 e. The summed E-state index contributed by atoms with van der Waals surface area (Å²) in [6, 6.07) is 8.57. The van der Waals surface area contributed by atoms with E-state index in [0.29, 0.717) is 15.6 Å². The molecule has 112 valence electrons. The van der Waals surface area contributed by atoms with E-state index in [2.05, 4.69) is 21.2 Å². The molecule has 1 unspecified atom stereocenters. The fraction of sp³-hybridized carbons (Fsp3) is 0.200. The second-order valence-electron chi connectivity index (χ2n) is 4.51. The van der Waals surface area contributed by atoms with Crippen LogP contribution in [0.1, 0.15) is 22.7 Å². The summed E-state index contributed by atoms with van der Waals surface area (Å²) in [6.45, 7) is 0. The Hall–Kier alpha value is -1.40. The highest BCUT2D eigenvalue weighted by Crippen LogP contribution is 2.34.